The Morgan fingerprint density at radius 3 is 3.10 bits per heavy atom. The van der Waals surface area contributed by atoms with Gasteiger partial charge in [-0.3, -0.25) is 4.90 Å². The van der Waals surface area contributed by atoms with Crippen molar-refractivity contribution in [3.63, 3.8) is 0 Å². The maximum Gasteiger partial charge on any atom is 0.196 e. The molecule has 3 nitrogen and oxygen atoms in total. The number of aromatic nitrogens is 2. The van der Waals surface area contributed by atoms with Crippen LogP contribution in [0, 0.1) is 17.1 Å². The molecule has 0 saturated carbocycles. The first kappa shape index (κ1) is 13.0. The monoisotopic (exact) mass is 281 g/mol. The van der Waals surface area contributed by atoms with Crippen molar-refractivity contribution in [1.82, 2.24) is 14.9 Å². The zero-order valence-corrected chi connectivity index (χ0v) is 11.9. The Morgan fingerprint density at radius 2 is 2.25 bits per heavy atom. The molecule has 1 aliphatic rings. The van der Waals surface area contributed by atoms with Crippen molar-refractivity contribution in [2.75, 3.05) is 6.54 Å². The number of nitrogens with zero attached hydrogens (tertiary/aromatic N) is 2. The van der Waals surface area contributed by atoms with Gasteiger partial charge in [0, 0.05) is 49.1 Å². The van der Waals surface area contributed by atoms with E-state index >= 15 is 0 Å². The Bertz CT molecular complexity index is 727. The Labute approximate surface area is 123 Å². The fourth-order valence-corrected chi connectivity index (χ4v) is 2.76. The smallest absolute Gasteiger partial charge is 0.196 e. The molecule has 100 valence electrons. The molecular formula is C16H15N3S. The van der Waals surface area contributed by atoms with Crippen molar-refractivity contribution < 1.29 is 0 Å². The van der Waals surface area contributed by atoms with E-state index in [0.717, 1.165) is 31.6 Å². The van der Waals surface area contributed by atoms with Gasteiger partial charge in [-0.05, 0) is 23.8 Å². The lowest BCUT2D eigenvalue weighted by atomic mass is 10.0. The van der Waals surface area contributed by atoms with Gasteiger partial charge >= 0.3 is 0 Å². The van der Waals surface area contributed by atoms with Crippen LogP contribution in [0.15, 0.2) is 30.5 Å². The standard InChI is InChI=1S/C16H15N3S/c1-2-12-5-3-4-6-13(12)10-19-8-7-15-14(11-19)9-17-16(20)18-15/h1,3-6,9H,7-8,10-11H2,(H,17,18,20). The summed E-state index contributed by atoms with van der Waals surface area (Å²) in [7, 11) is 0. The molecule has 3 rings (SSSR count). The maximum absolute atomic E-state index is 5.55. The van der Waals surface area contributed by atoms with Gasteiger partial charge in [0.15, 0.2) is 4.77 Å². The van der Waals surface area contributed by atoms with E-state index in [-0.39, 0.29) is 0 Å². The van der Waals surface area contributed by atoms with E-state index in [4.69, 9.17) is 18.6 Å². The van der Waals surface area contributed by atoms with Crippen molar-refractivity contribution in [2.45, 2.75) is 19.5 Å². The quantitative estimate of drug-likeness (QED) is 0.678. The van der Waals surface area contributed by atoms with Gasteiger partial charge in [0.1, 0.15) is 0 Å². The summed E-state index contributed by atoms with van der Waals surface area (Å²) < 4.78 is 0.565. The van der Waals surface area contributed by atoms with Crippen LogP contribution in [0.1, 0.15) is 22.4 Å². The highest BCUT2D eigenvalue weighted by Crippen LogP contribution is 2.19. The van der Waals surface area contributed by atoms with Crippen LogP contribution in [0.2, 0.25) is 0 Å². The molecular weight excluding hydrogens is 266 g/mol. The summed E-state index contributed by atoms with van der Waals surface area (Å²) >= 11 is 5.06. The van der Waals surface area contributed by atoms with Crippen LogP contribution in [-0.4, -0.2) is 21.4 Å². The summed E-state index contributed by atoms with van der Waals surface area (Å²) in [5.41, 5.74) is 4.62. The molecule has 0 saturated heterocycles. The van der Waals surface area contributed by atoms with Crippen LogP contribution < -0.4 is 0 Å². The second kappa shape index (κ2) is 5.58. The topological polar surface area (TPSA) is 31.9 Å². The summed E-state index contributed by atoms with van der Waals surface area (Å²) in [5, 5.41) is 0. The van der Waals surface area contributed by atoms with Gasteiger partial charge in [-0.25, -0.2) is 4.98 Å². The van der Waals surface area contributed by atoms with Gasteiger partial charge in [-0.1, -0.05) is 24.1 Å². The second-order valence-corrected chi connectivity index (χ2v) is 5.34. The molecule has 1 aromatic heterocycles. The van der Waals surface area contributed by atoms with E-state index in [1.165, 1.54) is 16.8 Å². The number of benzene rings is 1. The zero-order chi connectivity index (χ0) is 13.9. The molecule has 4 heteroatoms. The minimum absolute atomic E-state index is 0.565. The number of rotatable bonds is 2. The molecule has 0 spiro atoms. The Hall–Kier alpha value is -1.96. The summed E-state index contributed by atoms with van der Waals surface area (Å²) in [6, 6.07) is 8.11. The predicted molar refractivity (Wildman–Crippen MR) is 81.6 cm³/mol. The molecule has 1 aliphatic heterocycles. The highest BCUT2D eigenvalue weighted by molar-refractivity contribution is 7.71. The molecule has 0 aliphatic carbocycles. The van der Waals surface area contributed by atoms with E-state index in [1.807, 2.05) is 24.4 Å². The highest BCUT2D eigenvalue weighted by Gasteiger charge is 2.17. The number of terminal acetylenes is 1. The summed E-state index contributed by atoms with van der Waals surface area (Å²) in [4.78, 5) is 9.73. The van der Waals surface area contributed by atoms with Gasteiger partial charge in [0.05, 0.1) is 0 Å². The number of hydrogen-bond acceptors (Lipinski definition) is 3. The maximum atomic E-state index is 5.55. The van der Waals surface area contributed by atoms with Crippen LogP contribution in [-0.2, 0) is 19.5 Å². The predicted octanol–water partition coefficient (Wildman–Crippen LogP) is 2.68. The number of fused-ring (bicyclic) bond motifs is 1. The molecule has 0 fully saturated rings. The first-order valence-electron chi connectivity index (χ1n) is 6.60. The van der Waals surface area contributed by atoms with Crippen LogP contribution in [0.4, 0.5) is 0 Å². The zero-order valence-electron chi connectivity index (χ0n) is 11.1. The molecule has 0 atom stereocenters. The van der Waals surface area contributed by atoms with E-state index < -0.39 is 0 Å². The van der Waals surface area contributed by atoms with Gasteiger partial charge in [-0.15, -0.1) is 6.42 Å². The van der Waals surface area contributed by atoms with Gasteiger partial charge in [0.25, 0.3) is 0 Å². The Kier molecular flexibility index (Phi) is 3.64. The second-order valence-electron chi connectivity index (χ2n) is 4.95. The van der Waals surface area contributed by atoms with Gasteiger partial charge in [0.2, 0.25) is 0 Å². The average Bonchev–Trinajstić information content (AvgIpc) is 2.48. The van der Waals surface area contributed by atoms with E-state index in [9.17, 15) is 0 Å². The third-order valence-corrected chi connectivity index (χ3v) is 3.83. The molecule has 1 N–H and O–H groups in total. The van der Waals surface area contributed by atoms with Crippen LogP contribution in [0.3, 0.4) is 0 Å². The minimum Gasteiger partial charge on any atom is -0.334 e. The molecule has 0 radical (unpaired) electrons. The van der Waals surface area contributed by atoms with Crippen LogP contribution in [0.25, 0.3) is 0 Å². The molecule has 2 heterocycles. The van der Waals surface area contributed by atoms with Gasteiger partial charge < -0.3 is 4.98 Å². The summed E-state index contributed by atoms with van der Waals surface area (Å²) in [5.74, 6) is 2.75. The van der Waals surface area contributed by atoms with Crippen molar-refractivity contribution in [1.29, 1.82) is 0 Å². The van der Waals surface area contributed by atoms with Gasteiger partial charge in [-0.2, -0.15) is 0 Å². The first-order valence-corrected chi connectivity index (χ1v) is 7.01. The van der Waals surface area contributed by atoms with Crippen molar-refractivity contribution >= 4 is 12.2 Å². The van der Waals surface area contributed by atoms with E-state index in [0.29, 0.717) is 4.77 Å². The lowest BCUT2D eigenvalue weighted by Gasteiger charge is -2.28. The Morgan fingerprint density at radius 1 is 1.40 bits per heavy atom. The number of hydrogen-bond donors (Lipinski definition) is 1. The van der Waals surface area contributed by atoms with Crippen LogP contribution in [0.5, 0.6) is 0 Å². The lowest BCUT2D eigenvalue weighted by Crippen LogP contribution is -2.31. The molecule has 2 aromatic rings. The molecule has 1 aromatic carbocycles. The van der Waals surface area contributed by atoms with Crippen LogP contribution >= 0.6 is 12.2 Å². The molecule has 20 heavy (non-hydrogen) atoms. The molecule has 0 unspecified atom stereocenters. The fourth-order valence-electron chi connectivity index (χ4n) is 2.58. The minimum atomic E-state index is 0.565. The average molecular weight is 281 g/mol. The molecule has 0 bridgehead atoms. The summed E-state index contributed by atoms with van der Waals surface area (Å²) in [6.07, 6.45) is 8.41. The SMILES string of the molecule is C#Cc1ccccc1CN1CCc2[nH]c(=S)ncc2C1. The number of nitrogens with one attached hydrogen (secondary N) is 1. The third-order valence-electron chi connectivity index (χ3n) is 3.62. The third kappa shape index (κ3) is 2.64. The largest absolute Gasteiger partial charge is 0.334 e. The van der Waals surface area contributed by atoms with Crippen molar-refractivity contribution in [3.05, 3.63) is 57.6 Å². The normalized spacial score (nSPS) is 14.6. The fraction of sp³-hybridized carbons (Fsp3) is 0.250. The van der Waals surface area contributed by atoms with E-state index in [2.05, 4.69) is 26.9 Å². The molecule has 0 amide bonds. The summed E-state index contributed by atoms with van der Waals surface area (Å²) in [6.45, 7) is 2.75. The van der Waals surface area contributed by atoms with E-state index in [1.54, 1.807) is 0 Å². The number of H-pyrrole nitrogens is 1. The van der Waals surface area contributed by atoms with Crippen molar-refractivity contribution in [2.24, 2.45) is 0 Å². The highest BCUT2D eigenvalue weighted by atomic mass is 32.1. The lowest BCUT2D eigenvalue weighted by molar-refractivity contribution is 0.242. The number of aromatic amines is 1. The Balaban J connectivity index is 1.79. The van der Waals surface area contributed by atoms with Crippen molar-refractivity contribution in [3.8, 4) is 12.3 Å². The first-order chi connectivity index (χ1) is 9.76.